The van der Waals surface area contributed by atoms with Gasteiger partial charge in [-0.3, -0.25) is 9.36 Å². The number of carbonyl (C=O) groups is 1. The average molecular weight is 497 g/mol. The third-order valence-electron chi connectivity index (χ3n) is 5.33. The van der Waals surface area contributed by atoms with Crippen LogP contribution in [0.5, 0.6) is 11.8 Å². The van der Waals surface area contributed by atoms with Crippen LogP contribution in [0, 0.1) is 11.6 Å². The minimum absolute atomic E-state index is 0.0528. The Kier molecular flexibility index (Phi) is 7.84. The second-order valence-corrected chi connectivity index (χ2v) is 8.23. The minimum Gasteiger partial charge on any atom is -0.484 e. The van der Waals surface area contributed by atoms with E-state index in [1.165, 1.54) is 20.9 Å². The van der Waals surface area contributed by atoms with E-state index >= 15 is 0 Å². The molecule has 7 nitrogen and oxygen atoms in total. The van der Waals surface area contributed by atoms with Gasteiger partial charge < -0.3 is 19.5 Å². The Balaban J connectivity index is 1.68. The lowest BCUT2D eigenvalue weighted by Gasteiger charge is -2.34. The van der Waals surface area contributed by atoms with E-state index in [0.29, 0.717) is 6.07 Å². The van der Waals surface area contributed by atoms with Gasteiger partial charge in [0.2, 0.25) is 5.91 Å². The number of ether oxygens (including phenoxy) is 3. The Bertz CT molecular complexity index is 1020. The smallest absolute Gasteiger partial charge is 0.297 e. The summed E-state index contributed by atoms with van der Waals surface area (Å²) >= 11 is 0. The molecule has 1 aliphatic heterocycles. The summed E-state index contributed by atoms with van der Waals surface area (Å²) < 4.78 is 99.6. The largest absolute Gasteiger partial charge is 0.484 e. The quantitative estimate of drug-likeness (QED) is 0.531. The number of imidazole rings is 1. The number of alkyl halides is 4. The molecule has 3 rings (SSSR count). The van der Waals surface area contributed by atoms with Crippen molar-refractivity contribution in [2.75, 3.05) is 13.2 Å². The van der Waals surface area contributed by atoms with Crippen molar-refractivity contribution < 1.29 is 45.3 Å². The normalized spacial score (nSPS) is 19.9. The number of nitrogens with zero attached hydrogens (tertiary/aromatic N) is 2. The van der Waals surface area contributed by atoms with Gasteiger partial charge in [-0.1, -0.05) is 0 Å². The van der Waals surface area contributed by atoms with Crippen molar-refractivity contribution in [2.24, 2.45) is 7.05 Å². The van der Waals surface area contributed by atoms with Crippen LogP contribution in [0.2, 0.25) is 0 Å². The molecular weight excluding hydrogens is 472 g/mol. The van der Waals surface area contributed by atoms with Crippen LogP contribution in [0.3, 0.4) is 0 Å². The number of fused-ring (bicyclic) bond motifs is 1. The van der Waals surface area contributed by atoms with Crippen LogP contribution in [-0.2, 0) is 16.6 Å². The maximum Gasteiger partial charge on any atom is 0.297 e. The summed E-state index contributed by atoms with van der Waals surface area (Å²) in [4.78, 5) is 15.0. The first kappa shape index (κ1) is 25.9. The van der Waals surface area contributed by atoms with Crippen LogP contribution in [0.4, 0.5) is 26.3 Å². The molecule has 1 fully saturated rings. The van der Waals surface area contributed by atoms with Crippen molar-refractivity contribution in [3.8, 4) is 11.8 Å². The Morgan fingerprint density at radius 2 is 2.06 bits per heavy atom. The molecule has 0 bridgehead atoms. The van der Waals surface area contributed by atoms with Gasteiger partial charge in [-0.2, -0.15) is 4.98 Å². The van der Waals surface area contributed by atoms with Gasteiger partial charge in [0.05, 0.1) is 6.61 Å². The molecular formula is C21H25F6N3O4. The lowest BCUT2D eigenvalue weighted by Crippen LogP contribution is -2.47. The van der Waals surface area contributed by atoms with Crippen LogP contribution < -0.4 is 14.8 Å². The van der Waals surface area contributed by atoms with Crippen molar-refractivity contribution in [1.29, 1.82) is 0 Å². The van der Waals surface area contributed by atoms with Crippen LogP contribution >= 0.6 is 0 Å². The summed E-state index contributed by atoms with van der Waals surface area (Å²) in [7, 11) is 1.33. The van der Waals surface area contributed by atoms with Gasteiger partial charge in [0.15, 0.2) is 17.4 Å². The molecule has 2 aromatic rings. The second kappa shape index (κ2) is 10.3. The Labute approximate surface area is 191 Å². The Morgan fingerprint density at radius 1 is 1.35 bits per heavy atom. The fourth-order valence-electron chi connectivity index (χ4n) is 3.86. The minimum atomic E-state index is -3.19. The Hall–Kier alpha value is -2.70. The van der Waals surface area contributed by atoms with Crippen molar-refractivity contribution in [1.82, 2.24) is 14.9 Å². The molecule has 190 valence electrons. The highest BCUT2D eigenvalue weighted by molar-refractivity contribution is 5.80. The van der Waals surface area contributed by atoms with E-state index in [1.807, 2.05) is 0 Å². The number of amides is 1. The molecule has 0 radical (unpaired) electrons. The molecule has 1 aliphatic rings. The fraction of sp³-hybridized carbons (Fsp3) is 0.619. The number of hydrogen-bond acceptors (Lipinski definition) is 5. The van der Waals surface area contributed by atoms with Gasteiger partial charge in [-0.25, -0.2) is 26.3 Å². The number of aryl methyl sites for hydroxylation is 1. The Morgan fingerprint density at radius 3 is 2.65 bits per heavy atom. The van der Waals surface area contributed by atoms with E-state index in [1.54, 1.807) is 0 Å². The van der Waals surface area contributed by atoms with E-state index < -0.39 is 72.4 Å². The molecule has 2 heterocycles. The molecule has 1 aromatic heterocycles. The monoisotopic (exact) mass is 497 g/mol. The third kappa shape index (κ3) is 5.86. The van der Waals surface area contributed by atoms with Gasteiger partial charge in [-0.05, 0) is 19.8 Å². The van der Waals surface area contributed by atoms with Gasteiger partial charge in [-0.15, -0.1) is 0 Å². The molecule has 1 unspecified atom stereocenters. The van der Waals surface area contributed by atoms with E-state index in [0.717, 1.165) is 4.57 Å². The van der Waals surface area contributed by atoms with Gasteiger partial charge in [0, 0.05) is 32.5 Å². The van der Waals surface area contributed by atoms with Crippen LogP contribution in [-0.4, -0.2) is 59.3 Å². The van der Waals surface area contributed by atoms with Gasteiger partial charge in [0.1, 0.15) is 29.8 Å². The van der Waals surface area contributed by atoms with E-state index in [-0.39, 0.29) is 31.0 Å². The summed E-state index contributed by atoms with van der Waals surface area (Å²) in [6.45, 7) is 1.38. The van der Waals surface area contributed by atoms with Gasteiger partial charge >= 0.3 is 0 Å². The van der Waals surface area contributed by atoms with Crippen molar-refractivity contribution in [3.63, 3.8) is 0 Å². The zero-order valence-electron chi connectivity index (χ0n) is 18.7. The maximum atomic E-state index is 14.7. The molecule has 0 saturated carbocycles. The summed E-state index contributed by atoms with van der Waals surface area (Å²) in [5.74, 6) is -6.39. The number of halogens is 6. The lowest BCUT2D eigenvalue weighted by atomic mass is 9.97. The first-order valence-electron chi connectivity index (χ1n) is 10.6. The SMILES string of the molecule is CC(=O)N[C@@H](C)CC(F)(F)[C@@H]1CCC(Oc2nc3c(F)cc(OCC(F)F)c(F)c3n2C)CO1. The lowest BCUT2D eigenvalue weighted by molar-refractivity contribution is -0.175. The van der Waals surface area contributed by atoms with Crippen LogP contribution in [0.1, 0.15) is 33.1 Å². The summed E-state index contributed by atoms with van der Waals surface area (Å²) in [6.07, 6.45) is -5.46. The van der Waals surface area contributed by atoms with Crippen LogP contribution in [0.25, 0.3) is 11.0 Å². The molecule has 0 spiro atoms. The van der Waals surface area contributed by atoms with E-state index in [9.17, 15) is 31.1 Å². The zero-order valence-corrected chi connectivity index (χ0v) is 18.7. The number of nitrogens with one attached hydrogen (secondary N) is 1. The van der Waals surface area contributed by atoms with E-state index in [2.05, 4.69) is 15.0 Å². The number of hydrogen-bond donors (Lipinski definition) is 1. The summed E-state index contributed by atoms with van der Waals surface area (Å²) in [5, 5.41) is 2.41. The second-order valence-electron chi connectivity index (χ2n) is 8.23. The summed E-state index contributed by atoms with van der Waals surface area (Å²) in [5.41, 5.74) is -0.750. The fourth-order valence-corrected chi connectivity index (χ4v) is 3.86. The van der Waals surface area contributed by atoms with Crippen molar-refractivity contribution in [3.05, 3.63) is 17.7 Å². The topological polar surface area (TPSA) is 74.6 Å². The average Bonchev–Trinajstić information content (AvgIpc) is 3.06. The van der Waals surface area contributed by atoms with Crippen molar-refractivity contribution in [2.45, 2.75) is 63.7 Å². The molecule has 3 atom stereocenters. The molecule has 34 heavy (non-hydrogen) atoms. The predicted molar refractivity (Wildman–Crippen MR) is 108 cm³/mol. The maximum absolute atomic E-state index is 14.7. The predicted octanol–water partition coefficient (Wildman–Crippen LogP) is 3.97. The molecule has 1 saturated heterocycles. The number of carbonyl (C=O) groups excluding carboxylic acids is 1. The van der Waals surface area contributed by atoms with E-state index in [4.69, 9.17) is 9.47 Å². The highest BCUT2D eigenvalue weighted by atomic mass is 19.3. The number of benzene rings is 1. The first-order chi connectivity index (χ1) is 15.9. The molecule has 1 aromatic carbocycles. The third-order valence-corrected chi connectivity index (χ3v) is 5.33. The standard InChI is InChI=1S/C21H25F6N3O4/c1-10(28-11(2)31)7-21(26,27)15-5-4-12(8-33-15)34-20-29-18-13(22)6-14(32-9-16(23)24)17(25)19(18)30(20)3/h6,10,12,15-16H,4-5,7-9H2,1-3H3,(H,28,31)/t10-,12?,15-/m0/s1. The van der Waals surface area contributed by atoms with Crippen LogP contribution in [0.15, 0.2) is 6.07 Å². The number of rotatable bonds is 9. The summed E-state index contributed by atoms with van der Waals surface area (Å²) in [6, 6.07) is -0.323. The van der Waals surface area contributed by atoms with Crippen molar-refractivity contribution >= 4 is 16.9 Å². The number of aromatic nitrogens is 2. The highest BCUT2D eigenvalue weighted by Gasteiger charge is 2.44. The first-order valence-corrected chi connectivity index (χ1v) is 10.6. The molecule has 1 N–H and O–H groups in total. The zero-order chi connectivity index (χ0) is 25.2. The molecule has 0 aliphatic carbocycles. The highest BCUT2D eigenvalue weighted by Crippen LogP contribution is 2.35. The molecule has 1 amide bonds. The van der Waals surface area contributed by atoms with Gasteiger partial charge in [0.25, 0.3) is 18.4 Å². The molecule has 13 heteroatoms.